The average molecular weight is 598 g/mol. The number of carboxylic acid groups (broad SMARTS) is 1. The van der Waals surface area contributed by atoms with Gasteiger partial charge in [0.05, 0.1) is 38.7 Å². The molecule has 0 atom stereocenters. The number of aryl methyl sites for hydroxylation is 1. The van der Waals surface area contributed by atoms with Gasteiger partial charge in [-0.2, -0.15) is 4.98 Å². The summed E-state index contributed by atoms with van der Waals surface area (Å²) in [6.07, 6.45) is 1.24. The Kier molecular flexibility index (Phi) is 8.42. The number of ether oxygens (including phenoxy) is 3. The van der Waals surface area contributed by atoms with Gasteiger partial charge in [0.15, 0.2) is 0 Å². The molecule has 1 saturated heterocycles. The van der Waals surface area contributed by atoms with Gasteiger partial charge < -0.3 is 29.1 Å². The highest BCUT2D eigenvalue weighted by Gasteiger charge is 2.33. The monoisotopic (exact) mass is 597 g/mol. The highest BCUT2D eigenvalue weighted by atomic mass is 16.5. The number of hydrogen-bond donors (Lipinski definition) is 1. The van der Waals surface area contributed by atoms with Crippen molar-refractivity contribution in [3.8, 4) is 22.8 Å². The van der Waals surface area contributed by atoms with E-state index in [4.69, 9.17) is 29.2 Å². The van der Waals surface area contributed by atoms with Crippen LogP contribution in [0.3, 0.4) is 0 Å². The number of hydrogen-bond acceptors (Lipinski definition) is 10. The Morgan fingerprint density at radius 3 is 2.09 bits per heavy atom. The number of fused-ring (bicyclic) bond motifs is 1. The fourth-order valence-electron chi connectivity index (χ4n) is 5.53. The van der Waals surface area contributed by atoms with E-state index in [1.54, 1.807) is 20.4 Å². The van der Waals surface area contributed by atoms with Crippen LogP contribution in [0.25, 0.3) is 11.3 Å². The van der Waals surface area contributed by atoms with Crippen LogP contribution in [-0.2, 0) is 24.2 Å². The molecule has 0 saturated carbocycles. The largest absolute Gasteiger partial charge is 0.497 e. The first-order valence-electron chi connectivity index (χ1n) is 14.5. The lowest BCUT2D eigenvalue weighted by molar-refractivity contribution is 0.122. The minimum Gasteiger partial charge on any atom is -0.497 e. The van der Waals surface area contributed by atoms with Gasteiger partial charge in [0.2, 0.25) is 5.95 Å². The molecule has 1 fully saturated rings. The van der Waals surface area contributed by atoms with Gasteiger partial charge >= 0.3 is 6.09 Å². The van der Waals surface area contributed by atoms with Crippen LogP contribution in [0.5, 0.6) is 11.5 Å². The molecule has 4 aromatic rings. The molecule has 0 bridgehead atoms. The smallest absolute Gasteiger partial charge is 0.413 e. The number of amides is 1. The molecular formula is C32H35N7O5. The van der Waals surface area contributed by atoms with E-state index in [1.807, 2.05) is 60.4 Å². The van der Waals surface area contributed by atoms with Gasteiger partial charge in [0.1, 0.15) is 29.0 Å². The van der Waals surface area contributed by atoms with Crippen molar-refractivity contribution >= 4 is 23.7 Å². The molecule has 12 heteroatoms. The van der Waals surface area contributed by atoms with Crippen LogP contribution in [0.2, 0.25) is 0 Å². The SMILES string of the molecule is COc1ccc(CN(Cc2ccc(OC)cc2)c2nc(C)ncc2-c2nc(N3CCOCC3)nc3c2CCN3C(=O)O)cc1. The number of nitrogens with zero attached hydrogens (tertiary/aromatic N) is 7. The molecule has 228 valence electrons. The number of morpholine rings is 1. The second-order valence-corrected chi connectivity index (χ2v) is 10.7. The van der Waals surface area contributed by atoms with E-state index in [9.17, 15) is 9.90 Å². The zero-order valence-corrected chi connectivity index (χ0v) is 25.1. The van der Waals surface area contributed by atoms with Crippen molar-refractivity contribution in [2.75, 3.05) is 61.8 Å². The van der Waals surface area contributed by atoms with Gasteiger partial charge in [-0.3, -0.25) is 4.90 Å². The first-order valence-corrected chi connectivity index (χ1v) is 14.5. The highest BCUT2D eigenvalue weighted by molar-refractivity contribution is 5.91. The summed E-state index contributed by atoms with van der Waals surface area (Å²) in [5.74, 6) is 3.76. The topological polar surface area (TPSA) is 126 Å². The zero-order chi connectivity index (χ0) is 30.6. The Balaban J connectivity index is 1.48. The lowest BCUT2D eigenvalue weighted by Gasteiger charge is -2.29. The van der Waals surface area contributed by atoms with Crippen LogP contribution in [0.4, 0.5) is 22.4 Å². The van der Waals surface area contributed by atoms with Gasteiger partial charge in [0.25, 0.3) is 0 Å². The number of carbonyl (C=O) groups is 1. The summed E-state index contributed by atoms with van der Waals surface area (Å²) >= 11 is 0. The third-order valence-electron chi connectivity index (χ3n) is 7.85. The van der Waals surface area contributed by atoms with Crippen LogP contribution in [0.15, 0.2) is 54.7 Å². The first-order chi connectivity index (χ1) is 21.4. The lowest BCUT2D eigenvalue weighted by atomic mass is 10.1. The molecule has 0 unspecified atom stereocenters. The maximum atomic E-state index is 12.2. The van der Waals surface area contributed by atoms with Gasteiger partial charge in [-0.05, 0) is 48.7 Å². The number of rotatable bonds is 9. The van der Waals surface area contributed by atoms with Gasteiger partial charge in [-0.1, -0.05) is 24.3 Å². The Hall–Kier alpha value is -4.97. The van der Waals surface area contributed by atoms with Crippen LogP contribution in [0, 0.1) is 6.92 Å². The van der Waals surface area contributed by atoms with Gasteiger partial charge in [-0.15, -0.1) is 0 Å². The van der Waals surface area contributed by atoms with E-state index < -0.39 is 6.09 Å². The van der Waals surface area contributed by atoms with Gasteiger partial charge in [-0.25, -0.2) is 19.7 Å². The van der Waals surface area contributed by atoms with Crippen molar-refractivity contribution in [3.63, 3.8) is 0 Å². The van der Waals surface area contributed by atoms with Crippen LogP contribution < -0.4 is 24.2 Å². The summed E-state index contributed by atoms with van der Waals surface area (Å²) in [7, 11) is 3.30. The summed E-state index contributed by atoms with van der Waals surface area (Å²) in [6.45, 7) is 5.59. The first kappa shape index (κ1) is 29.1. The second-order valence-electron chi connectivity index (χ2n) is 10.7. The van der Waals surface area contributed by atoms with E-state index in [0.717, 1.165) is 33.8 Å². The highest BCUT2D eigenvalue weighted by Crippen LogP contribution is 2.39. The Labute approximate surface area is 255 Å². The molecule has 4 heterocycles. The summed E-state index contributed by atoms with van der Waals surface area (Å²) in [5.41, 5.74) is 4.27. The van der Waals surface area contributed by atoms with Crippen molar-refractivity contribution in [1.29, 1.82) is 0 Å². The summed E-state index contributed by atoms with van der Waals surface area (Å²) in [5, 5.41) is 9.99. The van der Waals surface area contributed by atoms with Crippen molar-refractivity contribution in [2.45, 2.75) is 26.4 Å². The zero-order valence-electron chi connectivity index (χ0n) is 25.1. The van der Waals surface area contributed by atoms with Crippen LogP contribution >= 0.6 is 0 Å². The van der Waals surface area contributed by atoms with E-state index >= 15 is 0 Å². The summed E-state index contributed by atoms with van der Waals surface area (Å²) < 4.78 is 16.3. The predicted molar refractivity (Wildman–Crippen MR) is 166 cm³/mol. The van der Waals surface area contributed by atoms with E-state index in [1.165, 1.54) is 4.90 Å². The molecule has 6 rings (SSSR count). The second kappa shape index (κ2) is 12.7. The molecule has 0 spiro atoms. The van der Waals surface area contributed by atoms with Crippen molar-refractivity contribution in [2.24, 2.45) is 0 Å². The number of benzene rings is 2. The molecule has 12 nitrogen and oxygen atoms in total. The van der Waals surface area contributed by atoms with Gasteiger partial charge in [0, 0.05) is 44.5 Å². The van der Waals surface area contributed by atoms with Crippen molar-refractivity contribution in [3.05, 3.63) is 77.2 Å². The van der Waals surface area contributed by atoms with Crippen LogP contribution in [0.1, 0.15) is 22.5 Å². The lowest BCUT2D eigenvalue weighted by Crippen LogP contribution is -2.38. The molecule has 0 aliphatic carbocycles. The number of aromatic nitrogens is 4. The third kappa shape index (κ3) is 6.06. The number of anilines is 3. The van der Waals surface area contributed by atoms with E-state index in [2.05, 4.69) is 9.88 Å². The van der Waals surface area contributed by atoms with E-state index in [-0.39, 0.29) is 0 Å². The molecule has 0 radical (unpaired) electrons. The Morgan fingerprint density at radius 1 is 0.909 bits per heavy atom. The molecule has 1 amide bonds. The molecule has 2 aliphatic rings. The van der Waals surface area contributed by atoms with E-state index in [0.29, 0.717) is 81.5 Å². The normalized spacial score (nSPS) is 14.3. The van der Waals surface area contributed by atoms with Crippen molar-refractivity contribution in [1.82, 2.24) is 19.9 Å². The molecule has 2 aliphatic heterocycles. The molecular weight excluding hydrogens is 562 g/mol. The summed E-state index contributed by atoms with van der Waals surface area (Å²) in [6, 6.07) is 15.9. The minimum atomic E-state index is -1.04. The number of methoxy groups -OCH3 is 2. The molecule has 44 heavy (non-hydrogen) atoms. The fourth-order valence-corrected chi connectivity index (χ4v) is 5.53. The maximum absolute atomic E-state index is 12.2. The standard InChI is InChI=1S/C32H35N7O5/c1-21-33-18-27(28-26-12-13-39(32(40)41)30(26)36-31(35-28)37-14-16-44-17-15-37)29(34-21)38(19-22-4-8-24(42-2)9-5-22)20-23-6-10-25(43-3)11-7-23/h4-11,18H,12-17,19-20H2,1-3H3,(H,40,41). The maximum Gasteiger partial charge on any atom is 0.413 e. The Bertz CT molecular complexity index is 1580. The quantitative estimate of drug-likeness (QED) is 0.296. The van der Waals surface area contributed by atoms with Crippen molar-refractivity contribution < 1.29 is 24.1 Å². The predicted octanol–water partition coefficient (Wildman–Crippen LogP) is 4.34. The third-order valence-corrected chi connectivity index (χ3v) is 7.85. The average Bonchev–Trinajstić information content (AvgIpc) is 3.50. The molecule has 1 N–H and O–H groups in total. The summed E-state index contributed by atoms with van der Waals surface area (Å²) in [4.78, 5) is 37.1. The molecule has 2 aromatic carbocycles. The Morgan fingerprint density at radius 2 is 1.52 bits per heavy atom. The minimum absolute atomic E-state index is 0.308. The molecule has 2 aromatic heterocycles. The fraction of sp³-hybridized carbons (Fsp3) is 0.344. The van der Waals surface area contributed by atoms with Crippen LogP contribution in [-0.4, -0.2) is 78.2 Å².